The minimum atomic E-state index is -0.512. The normalized spacial score (nSPS) is 21.0. The lowest BCUT2D eigenvalue weighted by molar-refractivity contribution is -0.125. The van der Waals surface area contributed by atoms with E-state index >= 15 is 0 Å². The number of hydrogen-bond donors (Lipinski definition) is 2. The van der Waals surface area contributed by atoms with E-state index in [1.165, 1.54) is 0 Å². The molecule has 0 spiro atoms. The van der Waals surface area contributed by atoms with Gasteiger partial charge in [-0.3, -0.25) is 4.79 Å². The summed E-state index contributed by atoms with van der Waals surface area (Å²) in [6, 6.07) is 1.85. The number of furan rings is 1. The van der Waals surface area contributed by atoms with Crippen molar-refractivity contribution in [2.75, 3.05) is 0 Å². The predicted molar refractivity (Wildman–Crippen MR) is 85.8 cm³/mol. The molecule has 1 aliphatic carbocycles. The molecule has 2 N–H and O–H groups in total. The molecule has 6 heteroatoms. The fraction of sp³-hybridized carbons (Fsp3) is 0.647. The Bertz CT molecular complexity index is 559. The van der Waals surface area contributed by atoms with E-state index in [2.05, 4.69) is 10.6 Å². The molecular formula is C17H26N2O4. The molecule has 0 aliphatic heterocycles. The van der Waals surface area contributed by atoms with Gasteiger partial charge in [0, 0.05) is 24.1 Å². The predicted octanol–water partition coefficient (Wildman–Crippen LogP) is 2.90. The molecule has 2 atom stereocenters. The number of ether oxygens (including phenoxy) is 1. The molecule has 0 unspecified atom stereocenters. The number of amides is 2. The minimum absolute atomic E-state index is 0.00346. The third-order valence-corrected chi connectivity index (χ3v) is 3.94. The Balaban J connectivity index is 1.75. The summed E-state index contributed by atoms with van der Waals surface area (Å²) in [5.41, 5.74) is 0.474. The molecule has 2 rings (SSSR count). The highest BCUT2D eigenvalue weighted by atomic mass is 16.6. The van der Waals surface area contributed by atoms with Crippen molar-refractivity contribution in [3.05, 3.63) is 23.7 Å². The molecule has 1 fully saturated rings. The van der Waals surface area contributed by atoms with Crippen molar-refractivity contribution in [3.63, 3.8) is 0 Å². The Morgan fingerprint density at radius 3 is 2.70 bits per heavy atom. The second kappa shape index (κ2) is 7.06. The van der Waals surface area contributed by atoms with Crippen LogP contribution in [-0.4, -0.2) is 23.6 Å². The standard InChI is InChI=1S/C17H26N2O4/c1-11-13(7-8-22-11)10-18-15(20)12-5-6-14(9-12)19-16(21)23-17(2,3)4/h7-8,12,14H,5-6,9-10H2,1-4H3,(H,18,20)(H,19,21)/t12-,14+/m0/s1. The topological polar surface area (TPSA) is 80.6 Å². The molecule has 1 aromatic heterocycles. The Kier molecular flexibility index (Phi) is 5.34. The zero-order valence-electron chi connectivity index (χ0n) is 14.3. The molecule has 0 bridgehead atoms. The summed E-state index contributed by atoms with van der Waals surface area (Å²) in [5.74, 6) is 0.780. The summed E-state index contributed by atoms with van der Waals surface area (Å²) in [4.78, 5) is 24.0. The van der Waals surface area contributed by atoms with Crippen LogP contribution in [0.1, 0.15) is 51.4 Å². The quantitative estimate of drug-likeness (QED) is 0.893. The van der Waals surface area contributed by atoms with Crippen molar-refractivity contribution in [1.82, 2.24) is 10.6 Å². The molecular weight excluding hydrogens is 296 g/mol. The van der Waals surface area contributed by atoms with Gasteiger partial charge in [-0.2, -0.15) is 0 Å². The second-order valence-electron chi connectivity index (χ2n) is 7.07. The van der Waals surface area contributed by atoms with Crippen LogP contribution in [0.4, 0.5) is 4.79 Å². The van der Waals surface area contributed by atoms with Crippen molar-refractivity contribution in [1.29, 1.82) is 0 Å². The van der Waals surface area contributed by atoms with Gasteiger partial charge < -0.3 is 19.8 Å². The summed E-state index contributed by atoms with van der Waals surface area (Å²) in [6.07, 6.45) is 3.42. The summed E-state index contributed by atoms with van der Waals surface area (Å²) in [5, 5.41) is 5.78. The van der Waals surface area contributed by atoms with Gasteiger partial charge in [0.1, 0.15) is 11.4 Å². The van der Waals surface area contributed by atoms with Crippen molar-refractivity contribution in [2.24, 2.45) is 5.92 Å². The monoisotopic (exact) mass is 322 g/mol. The van der Waals surface area contributed by atoms with Gasteiger partial charge in [0.2, 0.25) is 5.91 Å². The number of alkyl carbamates (subject to hydrolysis) is 1. The molecule has 1 saturated carbocycles. The van der Waals surface area contributed by atoms with E-state index < -0.39 is 11.7 Å². The minimum Gasteiger partial charge on any atom is -0.469 e. The molecule has 2 amide bonds. The average molecular weight is 322 g/mol. The van der Waals surface area contributed by atoms with Gasteiger partial charge in [-0.25, -0.2) is 4.79 Å². The number of carbonyl (C=O) groups excluding carboxylic acids is 2. The third kappa shape index (κ3) is 5.30. The van der Waals surface area contributed by atoms with Crippen LogP contribution in [-0.2, 0) is 16.1 Å². The summed E-state index contributed by atoms with van der Waals surface area (Å²) >= 11 is 0. The second-order valence-corrected chi connectivity index (χ2v) is 7.07. The van der Waals surface area contributed by atoms with Gasteiger partial charge >= 0.3 is 6.09 Å². The maximum absolute atomic E-state index is 12.2. The van der Waals surface area contributed by atoms with Crippen molar-refractivity contribution in [2.45, 2.75) is 65.1 Å². The lowest BCUT2D eigenvalue weighted by atomic mass is 10.1. The van der Waals surface area contributed by atoms with Crippen LogP contribution in [0.2, 0.25) is 0 Å². The molecule has 1 aliphatic rings. The van der Waals surface area contributed by atoms with Gasteiger partial charge in [0.15, 0.2) is 0 Å². The molecule has 0 saturated heterocycles. The summed E-state index contributed by atoms with van der Waals surface area (Å²) in [6.45, 7) is 7.83. The molecule has 128 valence electrons. The Morgan fingerprint density at radius 1 is 1.35 bits per heavy atom. The number of carbonyl (C=O) groups is 2. The number of rotatable bonds is 4. The number of aryl methyl sites for hydroxylation is 1. The van der Waals surface area contributed by atoms with Crippen LogP contribution < -0.4 is 10.6 Å². The smallest absolute Gasteiger partial charge is 0.407 e. The fourth-order valence-corrected chi connectivity index (χ4v) is 2.75. The van der Waals surface area contributed by atoms with Crippen LogP contribution in [0.25, 0.3) is 0 Å². The molecule has 23 heavy (non-hydrogen) atoms. The van der Waals surface area contributed by atoms with E-state index in [1.54, 1.807) is 6.26 Å². The van der Waals surface area contributed by atoms with Crippen LogP contribution in [0.3, 0.4) is 0 Å². The van der Waals surface area contributed by atoms with E-state index in [1.807, 2.05) is 33.8 Å². The molecule has 1 aromatic rings. The zero-order valence-corrected chi connectivity index (χ0v) is 14.3. The first-order chi connectivity index (χ1) is 10.7. The van der Waals surface area contributed by atoms with E-state index in [9.17, 15) is 9.59 Å². The highest BCUT2D eigenvalue weighted by molar-refractivity contribution is 5.79. The number of hydrogen-bond acceptors (Lipinski definition) is 4. The van der Waals surface area contributed by atoms with Gasteiger partial charge in [0.25, 0.3) is 0 Å². The van der Waals surface area contributed by atoms with Gasteiger partial charge in [-0.15, -0.1) is 0 Å². The van der Waals surface area contributed by atoms with Crippen molar-refractivity contribution in [3.8, 4) is 0 Å². The van der Waals surface area contributed by atoms with Crippen LogP contribution >= 0.6 is 0 Å². The van der Waals surface area contributed by atoms with Crippen LogP contribution in [0, 0.1) is 12.8 Å². The van der Waals surface area contributed by atoms with Crippen molar-refractivity contribution < 1.29 is 18.7 Å². The maximum Gasteiger partial charge on any atom is 0.407 e. The lowest BCUT2D eigenvalue weighted by Gasteiger charge is -2.21. The van der Waals surface area contributed by atoms with Gasteiger partial charge in [-0.05, 0) is 53.0 Å². The molecule has 0 aromatic carbocycles. The largest absolute Gasteiger partial charge is 0.469 e. The summed E-state index contributed by atoms with van der Waals surface area (Å²) in [7, 11) is 0. The first-order valence-electron chi connectivity index (χ1n) is 8.05. The average Bonchev–Trinajstić information content (AvgIpc) is 3.03. The van der Waals surface area contributed by atoms with E-state index in [0.717, 1.165) is 24.2 Å². The maximum atomic E-state index is 12.2. The summed E-state index contributed by atoms with van der Waals surface area (Å²) < 4.78 is 10.5. The molecule has 1 heterocycles. The van der Waals surface area contributed by atoms with E-state index in [0.29, 0.717) is 13.0 Å². The van der Waals surface area contributed by atoms with Crippen molar-refractivity contribution >= 4 is 12.0 Å². The highest BCUT2D eigenvalue weighted by Gasteiger charge is 2.31. The molecule has 0 radical (unpaired) electrons. The van der Waals surface area contributed by atoms with Crippen LogP contribution in [0.15, 0.2) is 16.7 Å². The van der Waals surface area contributed by atoms with E-state index in [-0.39, 0.29) is 17.9 Å². The first-order valence-corrected chi connectivity index (χ1v) is 8.05. The molecule has 6 nitrogen and oxygen atoms in total. The Morgan fingerprint density at radius 2 is 2.09 bits per heavy atom. The Labute approximate surface area is 137 Å². The lowest BCUT2D eigenvalue weighted by Crippen LogP contribution is -2.38. The number of nitrogens with one attached hydrogen (secondary N) is 2. The van der Waals surface area contributed by atoms with E-state index in [4.69, 9.17) is 9.15 Å². The SMILES string of the molecule is Cc1occc1CNC(=O)[C@H]1CC[C@@H](NC(=O)OC(C)(C)C)C1. The highest BCUT2D eigenvalue weighted by Crippen LogP contribution is 2.26. The first kappa shape index (κ1) is 17.4. The Hall–Kier alpha value is -1.98. The van der Waals surface area contributed by atoms with Crippen LogP contribution in [0.5, 0.6) is 0 Å². The van der Waals surface area contributed by atoms with Gasteiger partial charge in [0.05, 0.1) is 6.26 Å². The third-order valence-electron chi connectivity index (χ3n) is 3.94. The zero-order chi connectivity index (χ0) is 17.0. The van der Waals surface area contributed by atoms with Gasteiger partial charge in [-0.1, -0.05) is 0 Å². The fourth-order valence-electron chi connectivity index (χ4n) is 2.75.